The van der Waals surface area contributed by atoms with E-state index in [1.165, 1.54) is 11.3 Å². The van der Waals surface area contributed by atoms with Gasteiger partial charge in [-0.05, 0) is 30.2 Å². The molecule has 1 atom stereocenters. The maximum atomic E-state index is 12.6. The first-order valence-corrected chi connectivity index (χ1v) is 9.27. The summed E-state index contributed by atoms with van der Waals surface area (Å²) in [6.07, 6.45) is 4.54. The second-order valence-electron chi connectivity index (χ2n) is 6.96. The number of fused-ring (bicyclic) bond motifs is 3. The van der Waals surface area contributed by atoms with E-state index < -0.39 is 0 Å². The molecule has 3 aromatic rings. The minimum absolute atomic E-state index is 0.0145. The SMILES string of the molecule is CC(CNC(=O)N1CCc2[nH]c3ccc(Cl)cc3c2C1)Cn1cccn1. The molecule has 2 amide bonds. The number of halogens is 1. The first-order valence-electron chi connectivity index (χ1n) is 8.89. The molecule has 1 aliphatic heterocycles. The average Bonchev–Trinajstić information content (AvgIpc) is 3.26. The topological polar surface area (TPSA) is 66.0 Å². The number of benzene rings is 1. The third kappa shape index (κ3) is 3.42. The first kappa shape index (κ1) is 17.0. The molecule has 0 saturated heterocycles. The van der Waals surface area contributed by atoms with Crippen LogP contribution in [0.25, 0.3) is 10.9 Å². The zero-order valence-corrected chi connectivity index (χ0v) is 15.5. The minimum Gasteiger partial charge on any atom is -0.358 e. The van der Waals surface area contributed by atoms with Gasteiger partial charge in [0, 0.05) is 72.2 Å². The summed E-state index contributed by atoms with van der Waals surface area (Å²) in [6, 6.07) is 7.75. The summed E-state index contributed by atoms with van der Waals surface area (Å²) in [5, 5.41) is 9.09. The second kappa shape index (κ2) is 7.03. The fourth-order valence-electron chi connectivity index (χ4n) is 3.53. The van der Waals surface area contributed by atoms with E-state index in [9.17, 15) is 4.79 Å². The highest BCUT2D eigenvalue weighted by Gasteiger charge is 2.24. The Kier molecular flexibility index (Phi) is 4.59. The maximum absolute atomic E-state index is 12.6. The zero-order valence-electron chi connectivity index (χ0n) is 14.7. The number of amides is 2. The lowest BCUT2D eigenvalue weighted by atomic mass is 10.0. The quantitative estimate of drug-likeness (QED) is 0.738. The Morgan fingerprint density at radius 2 is 2.35 bits per heavy atom. The fourth-order valence-corrected chi connectivity index (χ4v) is 3.70. The summed E-state index contributed by atoms with van der Waals surface area (Å²) in [5.41, 5.74) is 3.46. The first-order chi connectivity index (χ1) is 12.6. The lowest BCUT2D eigenvalue weighted by Gasteiger charge is -2.28. The van der Waals surface area contributed by atoms with Crippen molar-refractivity contribution in [2.24, 2.45) is 5.92 Å². The van der Waals surface area contributed by atoms with Gasteiger partial charge in [-0.15, -0.1) is 0 Å². The van der Waals surface area contributed by atoms with Gasteiger partial charge in [-0.2, -0.15) is 5.10 Å². The van der Waals surface area contributed by atoms with Crippen LogP contribution in [0.1, 0.15) is 18.2 Å². The Labute approximate surface area is 157 Å². The molecule has 0 fully saturated rings. The molecule has 1 aliphatic rings. The number of nitrogens with one attached hydrogen (secondary N) is 2. The number of hydrogen-bond donors (Lipinski definition) is 2. The van der Waals surface area contributed by atoms with Crippen molar-refractivity contribution in [1.82, 2.24) is 25.0 Å². The Hall–Kier alpha value is -2.47. The zero-order chi connectivity index (χ0) is 18.1. The molecule has 0 aliphatic carbocycles. The normalized spacial score (nSPS) is 15.1. The van der Waals surface area contributed by atoms with Gasteiger partial charge in [-0.3, -0.25) is 4.68 Å². The Bertz CT molecular complexity index is 918. The van der Waals surface area contributed by atoms with Crippen molar-refractivity contribution in [2.45, 2.75) is 26.4 Å². The van der Waals surface area contributed by atoms with Crippen molar-refractivity contribution in [2.75, 3.05) is 13.1 Å². The average molecular weight is 372 g/mol. The van der Waals surface area contributed by atoms with Crippen molar-refractivity contribution in [3.8, 4) is 0 Å². The van der Waals surface area contributed by atoms with Gasteiger partial charge in [0.25, 0.3) is 0 Å². The lowest BCUT2D eigenvalue weighted by Crippen LogP contribution is -2.44. The number of rotatable bonds is 4. The van der Waals surface area contributed by atoms with Crippen molar-refractivity contribution in [3.63, 3.8) is 0 Å². The maximum Gasteiger partial charge on any atom is 0.317 e. The molecule has 0 saturated carbocycles. The minimum atomic E-state index is -0.0145. The molecule has 2 aromatic heterocycles. The van der Waals surface area contributed by atoms with Crippen LogP contribution in [-0.2, 0) is 19.5 Å². The van der Waals surface area contributed by atoms with Gasteiger partial charge >= 0.3 is 6.03 Å². The van der Waals surface area contributed by atoms with Crippen LogP contribution < -0.4 is 5.32 Å². The number of hydrogen-bond acceptors (Lipinski definition) is 2. The van der Waals surface area contributed by atoms with Crippen molar-refractivity contribution >= 4 is 28.5 Å². The standard InChI is InChI=1S/C19H22ClN5O/c1-13(11-25-7-2-6-22-25)10-21-19(26)24-8-5-18-16(12-24)15-9-14(20)3-4-17(15)23-18/h2-4,6-7,9,13,23H,5,8,10-12H2,1H3,(H,21,26). The summed E-state index contributed by atoms with van der Waals surface area (Å²) in [4.78, 5) is 17.9. The van der Waals surface area contributed by atoms with E-state index in [0.717, 1.165) is 23.9 Å². The van der Waals surface area contributed by atoms with E-state index in [4.69, 9.17) is 11.6 Å². The van der Waals surface area contributed by atoms with Gasteiger partial charge < -0.3 is 15.2 Å². The van der Waals surface area contributed by atoms with Crippen molar-refractivity contribution < 1.29 is 4.79 Å². The molecular formula is C19H22ClN5O. The Morgan fingerprint density at radius 1 is 1.46 bits per heavy atom. The van der Waals surface area contributed by atoms with E-state index in [1.807, 2.05) is 40.0 Å². The predicted molar refractivity (Wildman–Crippen MR) is 102 cm³/mol. The van der Waals surface area contributed by atoms with Crippen LogP contribution in [0.4, 0.5) is 4.79 Å². The molecule has 6 nitrogen and oxygen atoms in total. The van der Waals surface area contributed by atoms with Gasteiger partial charge in [0.15, 0.2) is 0 Å². The Balaban J connectivity index is 1.39. The van der Waals surface area contributed by atoms with Crippen molar-refractivity contribution in [3.05, 3.63) is 52.9 Å². The van der Waals surface area contributed by atoms with Gasteiger partial charge in [-0.25, -0.2) is 4.79 Å². The monoisotopic (exact) mass is 371 g/mol. The third-order valence-electron chi connectivity index (χ3n) is 4.88. The van der Waals surface area contributed by atoms with Gasteiger partial charge in [0.05, 0.1) is 0 Å². The number of carbonyl (C=O) groups is 1. The van der Waals surface area contributed by atoms with Crippen LogP contribution in [0, 0.1) is 5.92 Å². The number of nitrogens with zero attached hydrogens (tertiary/aromatic N) is 3. The summed E-state index contributed by atoms with van der Waals surface area (Å²) >= 11 is 6.15. The molecule has 0 bridgehead atoms. The number of H-pyrrole nitrogens is 1. The predicted octanol–water partition coefficient (Wildman–Crippen LogP) is 3.42. The van der Waals surface area contributed by atoms with Crippen LogP contribution >= 0.6 is 11.6 Å². The molecule has 1 aromatic carbocycles. The molecule has 4 rings (SSSR count). The largest absolute Gasteiger partial charge is 0.358 e. The third-order valence-corrected chi connectivity index (χ3v) is 5.12. The molecular weight excluding hydrogens is 350 g/mol. The van der Waals surface area contributed by atoms with Crippen LogP contribution in [0.5, 0.6) is 0 Å². The molecule has 0 radical (unpaired) electrons. The van der Waals surface area contributed by atoms with Crippen LogP contribution in [0.2, 0.25) is 5.02 Å². The molecule has 0 spiro atoms. The smallest absolute Gasteiger partial charge is 0.317 e. The van der Waals surface area contributed by atoms with E-state index in [0.29, 0.717) is 30.6 Å². The van der Waals surface area contributed by atoms with Gasteiger partial charge in [-0.1, -0.05) is 18.5 Å². The summed E-state index contributed by atoms with van der Waals surface area (Å²) < 4.78 is 1.89. The fraction of sp³-hybridized carbons (Fsp3) is 0.368. The molecule has 1 unspecified atom stereocenters. The lowest BCUT2D eigenvalue weighted by molar-refractivity contribution is 0.190. The highest BCUT2D eigenvalue weighted by atomic mass is 35.5. The molecule has 2 N–H and O–H groups in total. The number of carbonyl (C=O) groups excluding carboxylic acids is 1. The summed E-state index contributed by atoms with van der Waals surface area (Å²) in [5.74, 6) is 0.311. The van der Waals surface area contributed by atoms with Crippen LogP contribution in [0.3, 0.4) is 0 Å². The van der Waals surface area contributed by atoms with Crippen LogP contribution in [-0.4, -0.2) is 38.8 Å². The number of aromatic amines is 1. The van der Waals surface area contributed by atoms with Gasteiger partial charge in [0.2, 0.25) is 0 Å². The highest BCUT2D eigenvalue weighted by Crippen LogP contribution is 2.29. The van der Waals surface area contributed by atoms with Crippen molar-refractivity contribution in [1.29, 1.82) is 0 Å². The summed E-state index contributed by atoms with van der Waals surface area (Å²) in [7, 11) is 0. The second-order valence-corrected chi connectivity index (χ2v) is 7.40. The molecule has 7 heteroatoms. The van der Waals surface area contributed by atoms with Crippen LogP contribution in [0.15, 0.2) is 36.7 Å². The molecule has 26 heavy (non-hydrogen) atoms. The molecule has 136 valence electrons. The molecule has 3 heterocycles. The number of urea groups is 1. The highest BCUT2D eigenvalue weighted by molar-refractivity contribution is 6.31. The summed E-state index contributed by atoms with van der Waals surface area (Å²) in [6.45, 7) is 4.85. The van der Waals surface area contributed by atoms with Gasteiger partial charge in [0.1, 0.15) is 0 Å². The Morgan fingerprint density at radius 3 is 3.15 bits per heavy atom. The number of aromatic nitrogens is 3. The van der Waals surface area contributed by atoms with E-state index in [-0.39, 0.29) is 6.03 Å². The van der Waals surface area contributed by atoms with E-state index in [1.54, 1.807) is 6.20 Å². The van der Waals surface area contributed by atoms with E-state index >= 15 is 0 Å². The van der Waals surface area contributed by atoms with E-state index in [2.05, 4.69) is 22.3 Å².